The van der Waals surface area contributed by atoms with E-state index in [0.29, 0.717) is 11.3 Å². The minimum absolute atomic E-state index is 0.233. The third-order valence-corrected chi connectivity index (χ3v) is 2.81. The van der Waals surface area contributed by atoms with Gasteiger partial charge in [-0.1, -0.05) is 12.6 Å². The molecule has 0 N–H and O–H groups in total. The Kier molecular flexibility index (Phi) is 5.82. The highest BCUT2D eigenvalue weighted by atomic mass is 16.5. The minimum atomic E-state index is -0.404. The number of rotatable bonds is 6. The lowest BCUT2D eigenvalue weighted by atomic mass is 10.1. The normalized spacial score (nSPS) is 10.9. The topological polar surface area (TPSA) is 44.8 Å². The number of hydrogen-bond acceptors (Lipinski definition) is 4. The van der Waals surface area contributed by atoms with Gasteiger partial charge >= 0.3 is 5.97 Å². The van der Waals surface area contributed by atoms with Crippen molar-refractivity contribution in [2.75, 3.05) is 14.2 Å². The van der Waals surface area contributed by atoms with Gasteiger partial charge in [-0.3, -0.25) is 0 Å². The maximum absolute atomic E-state index is 11.6. The lowest BCUT2D eigenvalue weighted by molar-refractivity contribution is 0.0479. The fraction of sp³-hybridized carbons (Fsp3) is 0.471. The molecule has 0 spiro atoms. The number of esters is 1. The molecule has 0 aromatic heterocycles. The van der Waals surface area contributed by atoms with E-state index in [0.717, 1.165) is 24.2 Å². The Morgan fingerprint density at radius 2 is 1.90 bits per heavy atom. The summed E-state index contributed by atoms with van der Waals surface area (Å²) in [6.45, 7) is 9.91. The molecule has 0 aliphatic carbocycles. The average Bonchev–Trinajstić information content (AvgIpc) is 2.42. The van der Waals surface area contributed by atoms with Crippen molar-refractivity contribution in [1.82, 2.24) is 0 Å². The van der Waals surface area contributed by atoms with E-state index in [9.17, 15) is 4.79 Å². The number of carbonyl (C=O) groups excluding carboxylic acids is 1. The van der Waals surface area contributed by atoms with Crippen molar-refractivity contribution >= 4 is 5.97 Å². The van der Waals surface area contributed by atoms with Crippen LogP contribution in [0.25, 0.3) is 0 Å². The van der Waals surface area contributed by atoms with Crippen LogP contribution in [0.3, 0.4) is 0 Å². The summed E-state index contributed by atoms with van der Waals surface area (Å²) in [4.78, 5) is 11.6. The Balaban J connectivity index is 2.73. The Bertz CT molecular complexity index is 512. The van der Waals surface area contributed by atoms with Crippen LogP contribution in [-0.4, -0.2) is 25.8 Å². The molecule has 1 rings (SSSR count). The second-order valence-electron chi connectivity index (χ2n) is 5.78. The third kappa shape index (κ3) is 5.50. The largest absolute Gasteiger partial charge is 0.496 e. The van der Waals surface area contributed by atoms with Gasteiger partial charge < -0.3 is 14.2 Å². The van der Waals surface area contributed by atoms with Gasteiger partial charge in [0.05, 0.1) is 20.0 Å². The molecule has 0 atom stereocenters. The molecular formula is C17H24O4. The molecule has 0 unspecified atom stereocenters. The molecule has 21 heavy (non-hydrogen) atoms. The van der Waals surface area contributed by atoms with Crippen LogP contribution >= 0.6 is 0 Å². The second-order valence-corrected chi connectivity index (χ2v) is 5.78. The fourth-order valence-corrected chi connectivity index (χ4v) is 1.94. The summed E-state index contributed by atoms with van der Waals surface area (Å²) in [6, 6.07) is 5.45. The third-order valence-electron chi connectivity index (χ3n) is 2.81. The van der Waals surface area contributed by atoms with Gasteiger partial charge in [0.15, 0.2) is 0 Å². The van der Waals surface area contributed by atoms with E-state index >= 15 is 0 Å². The Morgan fingerprint density at radius 3 is 2.43 bits per heavy atom. The van der Waals surface area contributed by atoms with Crippen molar-refractivity contribution in [3.63, 3.8) is 0 Å². The van der Waals surface area contributed by atoms with Crippen LogP contribution in [0.5, 0.6) is 5.75 Å². The molecule has 0 heterocycles. The molecule has 0 saturated heterocycles. The maximum Gasteiger partial charge on any atom is 0.341 e. The second kappa shape index (κ2) is 7.16. The molecule has 0 amide bonds. The molecule has 0 bridgehead atoms. The molecule has 0 aliphatic heterocycles. The van der Waals surface area contributed by atoms with Crippen LogP contribution < -0.4 is 4.74 Å². The van der Waals surface area contributed by atoms with Crippen LogP contribution in [0, 0.1) is 0 Å². The van der Waals surface area contributed by atoms with E-state index in [1.54, 1.807) is 6.07 Å². The van der Waals surface area contributed by atoms with Gasteiger partial charge in [0.25, 0.3) is 0 Å². The predicted octanol–water partition coefficient (Wildman–Crippen LogP) is 3.74. The summed E-state index contributed by atoms with van der Waals surface area (Å²) in [5.74, 6) is 0.860. The fourth-order valence-electron chi connectivity index (χ4n) is 1.94. The van der Waals surface area contributed by atoms with Gasteiger partial charge in [0.2, 0.25) is 0 Å². The van der Waals surface area contributed by atoms with Crippen LogP contribution in [0.1, 0.15) is 43.1 Å². The van der Waals surface area contributed by atoms with Crippen molar-refractivity contribution in [2.24, 2.45) is 0 Å². The van der Waals surface area contributed by atoms with Gasteiger partial charge in [-0.15, -0.1) is 0 Å². The molecule has 0 fully saturated rings. The Hall–Kier alpha value is -1.97. The van der Waals surface area contributed by atoms with Gasteiger partial charge in [-0.2, -0.15) is 0 Å². The monoisotopic (exact) mass is 292 g/mol. The molecule has 0 aliphatic rings. The summed E-state index contributed by atoms with van der Waals surface area (Å²) in [5.41, 5.74) is 1.25. The quantitative estimate of drug-likeness (QED) is 0.592. The lowest BCUT2D eigenvalue weighted by Gasteiger charge is -2.22. The Labute approximate surface area is 126 Å². The summed E-state index contributed by atoms with van der Waals surface area (Å²) in [5, 5.41) is 0. The standard InChI is InChI=1S/C17H24O4/c1-12(21-17(2,3)4)7-8-13-9-10-14(16(18)20-6)15(11-13)19-5/h9-11H,1,7-8H2,2-6H3. The summed E-state index contributed by atoms with van der Waals surface area (Å²) in [7, 11) is 2.89. The number of ether oxygens (including phenoxy) is 3. The summed E-state index contributed by atoms with van der Waals surface area (Å²) < 4.78 is 15.7. The van der Waals surface area contributed by atoms with Gasteiger partial charge in [-0.05, 0) is 44.9 Å². The maximum atomic E-state index is 11.6. The van der Waals surface area contributed by atoms with Crippen LogP contribution in [0.4, 0.5) is 0 Å². The highest BCUT2D eigenvalue weighted by Gasteiger charge is 2.14. The number of hydrogen-bond donors (Lipinski definition) is 0. The zero-order valence-corrected chi connectivity index (χ0v) is 13.5. The highest BCUT2D eigenvalue weighted by Crippen LogP contribution is 2.23. The van der Waals surface area contributed by atoms with E-state index < -0.39 is 5.97 Å². The first-order chi connectivity index (χ1) is 9.76. The summed E-state index contributed by atoms with van der Waals surface area (Å²) >= 11 is 0. The number of benzene rings is 1. The zero-order chi connectivity index (χ0) is 16.0. The molecule has 116 valence electrons. The van der Waals surface area contributed by atoms with E-state index in [4.69, 9.17) is 14.2 Å². The van der Waals surface area contributed by atoms with Crippen molar-refractivity contribution in [1.29, 1.82) is 0 Å². The van der Waals surface area contributed by atoms with E-state index in [1.807, 2.05) is 32.9 Å². The highest BCUT2D eigenvalue weighted by molar-refractivity contribution is 5.92. The molecule has 1 aromatic carbocycles. The van der Waals surface area contributed by atoms with Crippen molar-refractivity contribution in [3.05, 3.63) is 41.7 Å². The average molecular weight is 292 g/mol. The smallest absolute Gasteiger partial charge is 0.341 e. The van der Waals surface area contributed by atoms with Gasteiger partial charge in [0.1, 0.15) is 16.9 Å². The first-order valence-electron chi connectivity index (χ1n) is 6.89. The molecule has 4 nitrogen and oxygen atoms in total. The molecule has 1 aromatic rings. The van der Waals surface area contributed by atoms with Crippen molar-refractivity contribution in [2.45, 2.75) is 39.2 Å². The van der Waals surface area contributed by atoms with E-state index in [-0.39, 0.29) is 5.60 Å². The number of methoxy groups -OCH3 is 2. The predicted molar refractivity (Wildman–Crippen MR) is 82.6 cm³/mol. The molecule has 4 heteroatoms. The lowest BCUT2D eigenvalue weighted by Crippen LogP contribution is -2.18. The summed E-state index contributed by atoms with van der Waals surface area (Å²) in [6.07, 6.45) is 1.49. The minimum Gasteiger partial charge on any atom is -0.496 e. The van der Waals surface area contributed by atoms with Gasteiger partial charge in [0, 0.05) is 6.42 Å². The van der Waals surface area contributed by atoms with E-state index in [2.05, 4.69) is 6.58 Å². The number of aryl methyl sites for hydroxylation is 1. The van der Waals surface area contributed by atoms with Gasteiger partial charge in [-0.25, -0.2) is 4.79 Å². The zero-order valence-electron chi connectivity index (χ0n) is 13.5. The first kappa shape index (κ1) is 17.1. The number of carbonyl (C=O) groups is 1. The molecule has 0 radical (unpaired) electrons. The van der Waals surface area contributed by atoms with Crippen LogP contribution in [0.2, 0.25) is 0 Å². The SMILES string of the molecule is C=C(CCc1ccc(C(=O)OC)c(OC)c1)OC(C)(C)C. The first-order valence-corrected chi connectivity index (χ1v) is 6.89. The van der Waals surface area contributed by atoms with Crippen molar-refractivity contribution in [3.8, 4) is 5.75 Å². The van der Waals surface area contributed by atoms with Crippen LogP contribution in [-0.2, 0) is 15.9 Å². The molecule has 0 saturated carbocycles. The Morgan fingerprint density at radius 1 is 1.24 bits per heavy atom. The van der Waals surface area contributed by atoms with Crippen LogP contribution in [0.15, 0.2) is 30.5 Å². The van der Waals surface area contributed by atoms with E-state index in [1.165, 1.54) is 14.2 Å². The molecular weight excluding hydrogens is 268 g/mol. The van der Waals surface area contributed by atoms with Crippen molar-refractivity contribution < 1.29 is 19.0 Å². The number of allylic oxidation sites excluding steroid dienone is 1.